The molecule has 0 heterocycles. The molecule has 0 amide bonds. The Morgan fingerprint density at radius 3 is 3.08 bits per heavy atom. The van der Waals surface area contributed by atoms with Crippen LogP contribution in [-0.4, -0.2) is 11.7 Å². The van der Waals surface area contributed by atoms with Crippen LogP contribution < -0.4 is 0 Å². The van der Waals surface area contributed by atoms with E-state index in [1.165, 1.54) is 19.3 Å². The molecule has 1 rings (SSSR count). The lowest BCUT2D eigenvalue weighted by molar-refractivity contribution is -0.757. The zero-order chi connectivity index (χ0) is 8.81. The standard InChI is InChI=1S/C8H14NO3/c10-9(11)12-7-3-6-8-4-1-2-5-8/h1,8H,2-7H2. The van der Waals surface area contributed by atoms with Crippen LogP contribution in [0, 0.1) is 22.5 Å². The van der Waals surface area contributed by atoms with E-state index < -0.39 is 5.09 Å². The molecule has 0 aromatic rings. The molecule has 0 aromatic carbocycles. The van der Waals surface area contributed by atoms with Crippen molar-refractivity contribution in [2.24, 2.45) is 5.92 Å². The highest BCUT2D eigenvalue weighted by atomic mass is 16.9. The summed E-state index contributed by atoms with van der Waals surface area (Å²) in [5.41, 5.74) is 0. The first kappa shape index (κ1) is 9.29. The van der Waals surface area contributed by atoms with Crippen molar-refractivity contribution in [3.05, 3.63) is 16.5 Å². The SMILES string of the molecule is O=[N+]([O-])OCCCC1C[CH]CC1. The fourth-order valence-electron chi connectivity index (χ4n) is 1.60. The van der Waals surface area contributed by atoms with Crippen molar-refractivity contribution < 1.29 is 9.92 Å². The van der Waals surface area contributed by atoms with Gasteiger partial charge in [-0.05, 0) is 38.0 Å². The molecule has 0 spiro atoms. The summed E-state index contributed by atoms with van der Waals surface area (Å²) < 4.78 is 0. The Morgan fingerprint density at radius 2 is 2.50 bits per heavy atom. The van der Waals surface area contributed by atoms with Gasteiger partial charge in [0.15, 0.2) is 0 Å². The van der Waals surface area contributed by atoms with Gasteiger partial charge >= 0.3 is 0 Å². The van der Waals surface area contributed by atoms with Crippen molar-refractivity contribution in [2.45, 2.75) is 32.1 Å². The van der Waals surface area contributed by atoms with Crippen LogP contribution in [0.4, 0.5) is 0 Å². The van der Waals surface area contributed by atoms with Crippen molar-refractivity contribution in [1.29, 1.82) is 0 Å². The monoisotopic (exact) mass is 172 g/mol. The van der Waals surface area contributed by atoms with Crippen molar-refractivity contribution in [3.8, 4) is 0 Å². The van der Waals surface area contributed by atoms with Gasteiger partial charge in [0, 0.05) is 0 Å². The lowest BCUT2D eigenvalue weighted by Crippen LogP contribution is -2.04. The molecule has 0 aliphatic heterocycles. The summed E-state index contributed by atoms with van der Waals surface area (Å²) in [6.07, 6.45) is 7.79. The fourth-order valence-corrected chi connectivity index (χ4v) is 1.60. The van der Waals surface area contributed by atoms with Gasteiger partial charge in [0.2, 0.25) is 0 Å². The highest BCUT2D eigenvalue weighted by molar-refractivity contribution is 4.79. The smallest absolute Gasteiger partial charge is 0.294 e. The third kappa shape index (κ3) is 3.55. The van der Waals surface area contributed by atoms with Gasteiger partial charge in [-0.3, -0.25) is 0 Å². The third-order valence-corrected chi connectivity index (χ3v) is 2.23. The van der Waals surface area contributed by atoms with E-state index in [2.05, 4.69) is 11.3 Å². The highest BCUT2D eigenvalue weighted by Crippen LogP contribution is 2.27. The minimum absolute atomic E-state index is 0.253. The minimum atomic E-state index is -0.721. The predicted octanol–water partition coefficient (Wildman–Crippen LogP) is 1.98. The average Bonchev–Trinajstić information content (AvgIpc) is 2.49. The van der Waals surface area contributed by atoms with Crippen LogP contribution in [0.5, 0.6) is 0 Å². The Balaban J connectivity index is 1.91. The summed E-state index contributed by atoms with van der Waals surface area (Å²) in [7, 11) is 0. The van der Waals surface area contributed by atoms with Crippen molar-refractivity contribution >= 4 is 0 Å². The zero-order valence-electron chi connectivity index (χ0n) is 7.07. The summed E-state index contributed by atoms with van der Waals surface area (Å²) in [5.74, 6) is 0.750. The van der Waals surface area contributed by atoms with Crippen LogP contribution in [0.2, 0.25) is 0 Å². The topological polar surface area (TPSA) is 52.4 Å². The first-order valence-electron chi connectivity index (χ1n) is 4.38. The van der Waals surface area contributed by atoms with Gasteiger partial charge in [0.25, 0.3) is 5.09 Å². The maximum atomic E-state index is 9.77. The molecule has 0 N–H and O–H groups in total. The molecule has 0 aromatic heterocycles. The summed E-state index contributed by atoms with van der Waals surface area (Å²) in [6.45, 7) is 0.253. The molecular weight excluding hydrogens is 158 g/mol. The number of rotatable bonds is 5. The average molecular weight is 172 g/mol. The zero-order valence-corrected chi connectivity index (χ0v) is 7.07. The Morgan fingerprint density at radius 1 is 1.67 bits per heavy atom. The first-order valence-corrected chi connectivity index (χ1v) is 4.38. The van der Waals surface area contributed by atoms with Crippen LogP contribution >= 0.6 is 0 Å². The molecule has 1 fully saturated rings. The second-order valence-electron chi connectivity index (χ2n) is 3.17. The van der Waals surface area contributed by atoms with E-state index in [0.29, 0.717) is 0 Å². The number of hydrogen-bond donors (Lipinski definition) is 0. The molecule has 12 heavy (non-hydrogen) atoms. The van der Waals surface area contributed by atoms with Gasteiger partial charge in [0.1, 0.15) is 0 Å². The van der Waals surface area contributed by atoms with E-state index in [9.17, 15) is 10.1 Å². The van der Waals surface area contributed by atoms with Gasteiger partial charge in [-0.25, -0.2) is 0 Å². The lowest BCUT2D eigenvalue weighted by atomic mass is 10.0. The molecule has 4 nitrogen and oxygen atoms in total. The molecule has 1 saturated carbocycles. The maximum absolute atomic E-state index is 9.77. The van der Waals surface area contributed by atoms with E-state index in [1.807, 2.05) is 0 Å². The Labute approximate surface area is 72.0 Å². The summed E-state index contributed by atoms with van der Waals surface area (Å²) in [5, 5.41) is 9.05. The normalized spacial score (nSPS) is 18.0. The van der Waals surface area contributed by atoms with E-state index in [0.717, 1.165) is 18.8 Å². The van der Waals surface area contributed by atoms with Crippen LogP contribution in [0.25, 0.3) is 0 Å². The molecule has 1 atom stereocenters. The minimum Gasteiger partial charge on any atom is -0.314 e. The van der Waals surface area contributed by atoms with Gasteiger partial charge in [0.05, 0.1) is 6.61 Å². The Hall–Kier alpha value is -0.800. The van der Waals surface area contributed by atoms with Crippen LogP contribution in [0.1, 0.15) is 32.1 Å². The van der Waals surface area contributed by atoms with Gasteiger partial charge in [-0.2, -0.15) is 0 Å². The van der Waals surface area contributed by atoms with Gasteiger partial charge in [-0.1, -0.05) is 6.42 Å². The fraction of sp³-hybridized carbons (Fsp3) is 0.875. The summed E-state index contributed by atoms with van der Waals surface area (Å²) in [4.78, 5) is 14.0. The van der Waals surface area contributed by atoms with Gasteiger partial charge < -0.3 is 4.84 Å². The highest BCUT2D eigenvalue weighted by Gasteiger charge is 2.14. The third-order valence-electron chi connectivity index (χ3n) is 2.23. The maximum Gasteiger partial charge on any atom is 0.294 e. The van der Waals surface area contributed by atoms with E-state index in [4.69, 9.17) is 0 Å². The molecular formula is C8H14NO3. The number of nitrogens with zero attached hydrogens (tertiary/aromatic N) is 1. The quantitative estimate of drug-likeness (QED) is 0.362. The van der Waals surface area contributed by atoms with Crippen LogP contribution in [0.3, 0.4) is 0 Å². The molecule has 1 aliphatic rings. The Kier molecular flexibility index (Phi) is 3.84. The molecule has 1 unspecified atom stereocenters. The van der Waals surface area contributed by atoms with E-state index >= 15 is 0 Å². The van der Waals surface area contributed by atoms with E-state index in [1.54, 1.807) is 0 Å². The lowest BCUT2D eigenvalue weighted by Gasteiger charge is -2.06. The largest absolute Gasteiger partial charge is 0.314 e. The first-order chi connectivity index (χ1) is 5.79. The summed E-state index contributed by atoms with van der Waals surface area (Å²) in [6, 6.07) is 0. The van der Waals surface area contributed by atoms with Gasteiger partial charge in [-0.15, -0.1) is 10.1 Å². The molecule has 1 aliphatic carbocycles. The molecule has 69 valence electrons. The molecule has 1 radical (unpaired) electrons. The summed E-state index contributed by atoms with van der Waals surface area (Å²) >= 11 is 0. The van der Waals surface area contributed by atoms with Crippen molar-refractivity contribution in [3.63, 3.8) is 0 Å². The molecule has 4 heteroatoms. The van der Waals surface area contributed by atoms with Crippen LogP contribution in [0.15, 0.2) is 0 Å². The Bertz CT molecular complexity index is 143. The second-order valence-corrected chi connectivity index (χ2v) is 3.17. The number of hydrogen-bond acceptors (Lipinski definition) is 3. The molecule has 0 saturated heterocycles. The second kappa shape index (κ2) is 4.95. The predicted molar refractivity (Wildman–Crippen MR) is 43.8 cm³/mol. The van der Waals surface area contributed by atoms with E-state index in [-0.39, 0.29) is 6.61 Å². The van der Waals surface area contributed by atoms with Crippen molar-refractivity contribution in [2.75, 3.05) is 6.61 Å². The molecule has 0 bridgehead atoms. The van der Waals surface area contributed by atoms with Crippen molar-refractivity contribution in [1.82, 2.24) is 0 Å². The van der Waals surface area contributed by atoms with Crippen LogP contribution in [-0.2, 0) is 4.84 Å².